The molecule has 3 atom stereocenters. The summed E-state index contributed by atoms with van der Waals surface area (Å²) in [4.78, 5) is 67.9. The molecule has 0 aliphatic carbocycles. The molecule has 0 saturated carbocycles. The van der Waals surface area contributed by atoms with E-state index in [2.05, 4.69) is 31.9 Å². The lowest BCUT2D eigenvalue weighted by atomic mass is 9.84. The number of nitrogens with zero attached hydrogens (tertiary/aromatic N) is 2. The third-order valence-electron chi connectivity index (χ3n) is 10.1. The molecule has 10 heteroatoms. The molecule has 0 saturated heterocycles. The zero-order valence-corrected chi connectivity index (χ0v) is 34.3. The number of rotatable bonds is 14. The summed E-state index contributed by atoms with van der Waals surface area (Å²) in [6.45, 7) is 3.69. The van der Waals surface area contributed by atoms with E-state index in [4.69, 9.17) is 4.74 Å². The zero-order valence-electron chi connectivity index (χ0n) is 31.2. The second-order valence-electron chi connectivity index (χ2n) is 13.8. The van der Waals surface area contributed by atoms with E-state index in [1.165, 1.54) is 48.3 Å². The lowest BCUT2D eigenvalue weighted by molar-refractivity contribution is -0.145. The Morgan fingerprint density at radius 3 is 1.68 bits per heavy atom. The van der Waals surface area contributed by atoms with Crippen molar-refractivity contribution in [3.8, 4) is 0 Å². The van der Waals surface area contributed by atoms with Crippen molar-refractivity contribution < 1.29 is 19.1 Å². The van der Waals surface area contributed by atoms with Gasteiger partial charge in [0.05, 0.1) is 13.7 Å². The van der Waals surface area contributed by atoms with E-state index in [1.54, 1.807) is 0 Å². The van der Waals surface area contributed by atoms with Crippen LogP contribution in [0.4, 0.5) is 0 Å². The minimum absolute atomic E-state index is 0.0982. The number of hydrogen-bond acceptors (Lipinski definition) is 6. The smallest absolute Gasteiger partial charge is 0.330 e. The van der Waals surface area contributed by atoms with E-state index in [-0.39, 0.29) is 53.9 Å². The van der Waals surface area contributed by atoms with E-state index < -0.39 is 23.1 Å². The van der Waals surface area contributed by atoms with Crippen molar-refractivity contribution in [2.45, 2.75) is 51.1 Å². The maximum atomic E-state index is 14.0. The standard InChI is InChI=1S/C46H40Br2N2O6/c1-29-8-10-31(11-9-29)39(32-12-18-36(47)19-13-32)24-42(51)34-16-22-44(53)49(26-34)28-41(46(55)56-3)50-27-35(17-23-45(50)54)43(52)25-40(33-14-20-37(48)21-15-33)38-7-5-4-6-30(38)2/h4-23,26-27,39-41H,24-25,28H2,1-3H3. The molecular weight excluding hydrogens is 836 g/mol. The largest absolute Gasteiger partial charge is 0.467 e. The SMILES string of the molecule is COC(=O)C(Cn1cc(C(=O)CC(c2ccc(C)cc2)c2ccc(Br)cc2)ccc1=O)n1cc(C(=O)CC(c2ccc(Br)cc2)c2ccccc2C)ccc1=O. The fourth-order valence-electron chi connectivity index (χ4n) is 6.96. The van der Waals surface area contributed by atoms with Crippen LogP contribution in [0.25, 0.3) is 0 Å². The van der Waals surface area contributed by atoms with Crippen molar-refractivity contribution in [3.63, 3.8) is 0 Å². The Kier molecular flexibility index (Phi) is 12.9. The van der Waals surface area contributed by atoms with Gasteiger partial charge in [-0.2, -0.15) is 0 Å². The number of benzene rings is 4. The highest BCUT2D eigenvalue weighted by atomic mass is 79.9. The topological polar surface area (TPSA) is 104 Å². The predicted octanol–water partition coefficient (Wildman–Crippen LogP) is 9.38. The molecule has 0 aliphatic heterocycles. The van der Waals surface area contributed by atoms with Crippen LogP contribution in [0.15, 0.2) is 152 Å². The summed E-state index contributed by atoms with van der Waals surface area (Å²) in [5.74, 6) is -1.77. The number of ketones is 2. The van der Waals surface area contributed by atoms with Crippen LogP contribution in [0, 0.1) is 13.8 Å². The van der Waals surface area contributed by atoms with E-state index in [1.807, 2.05) is 111 Å². The molecule has 0 bridgehead atoms. The van der Waals surface area contributed by atoms with Gasteiger partial charge in [-0.05, 0) is 78.1 Å². The zero-order chi connectivity index (χ0) is 39.9. The molecule has 2 aromatic heterocycles. The average Bonchev–Trinajstić information content (AvgIpc) is 3.20. The third kappa shape index (κ3) is 9.49. The molecule has 6 aromatic rings. The maximum Gasteiger partial charge on any atom is 0.330 e. The molecule has 284 valence electrons. The van der Waals surface area contributed by atoms with Gasteiger partial charge in [-0.1, -0.05) is 110 Å². The first-order valence-corrected chi connectivity index (χ1v) is 19.7. The molecule has 8 nitrogen and oxygen atoms in total. The summed E-state index contributed by atoms with van der Waals surface area (Å²) < 4.78 is 9.31. The third-order valence-corrected chi connectivity index (χ3v) is 11.2. The summed E-state index contributed by atoms with van der Waals surface area (Å²) >= 11 is 6.98. The fourth-order valence-corrected chi connectivity index (χ4v) is 7.49. The minimum Gasteiger partial charge on any atom is -0.467 e. The predicted molar refractivity (Wildman–Crippen MR) is 225 cm³/mol. The van der Waals surface area contributed by atoms with Crippen molar-refractivity contribution in [2.24, 2.45) is 0 Å². The molecule has 56 heavy (non-hydrogen) atoms. The number of halogens is 2. The first kappa shape index (κ1) is 40.2. The Hall–Kier alpha value is -5.45. The van der Waals surface area contributed by atoms with Crippen molar-refractivity contribution in [1.29, 1.82) is 0 Å². The number of pyridine rings is 2. The van der Waals surface area contributed by atoms with E-state index in [0.717, 1.165) is 46.9 Å². The van der Waals surface area contributed by atoms with E-state index >= 15 is 0 Å². The van der Waals surface area contributed by atoms with E-state index in [9.17, 15) is 24.0 Å². The Morgan fingerprint density at radius 2 is 1.11 bits per heavy atom. The molecule has 0 fully saturated rings. The Bertz CT molecular complexity index is 2440. The fraction of sp³-hybridized carbons (Fsp3) is 0.196. The number of aryl methyl sites for hydroxylation is 2. The number of carbonyl (C=O) groups is 3. The first-order valence-electron chi connectivity index (χ1n) is 18.1. The molecule has 0 spiro atoms. The highest BCUT2D eigenvalue weighted by Crippen LogP contribution is 2.33. The van der Waals surface area contributed by atoms with Crippen molar-refractivity contribution in [3.05, 3.63) is 208 Å². The second kappa shape index (κ2) is 18.0. The van der Waals surface area contributed by atoms with E-state index in [0.29, 0.717) is 0 Å². The van der Waals surface area contributed by atoms with Gasteiger partial charge >= 0.3 is 5.97 Å². The number of carbonyl (C=O) groups excluding carboxylic acids is 3. The van der Waals surface area contributed by atoms with Crippen LogP contribution in [0.5, 0.6) is 0 Å². The highest BCUT2D eigenvalue weighted by molar-refractivity contribution is 9.10. The molecular formula is C46H40Br2N2O6. The number of ether oxygens (including phenoxy) is 1. The number of Topliss-reactive ketones (excluding diaryl/α,β-unsaturated/α-hetero) is 2. The van der Waals surface area contributed by atoms with Gasteiger partial charge < -0.3 is 9.30 Å². The van der Waals surface area contributed by atoms with Crippen LogP contribution in [0.1, 0.15) is 84.8 Å². The lowest BCUT2D eigenvalue weighted by Gasteiger charge is -2.22. The average molecular weight is 877 g/mol. The van der Waals surface area contributed by atoms with Crippen molar-refractivity contribution >= 4 is 49.4 Å². The summed E-state index contributed by atoms with van der Waals surface area (Å²) in [5, 5.41) is 0. The van der Waals surface area contributed by atoms with Gasteiger partial charge in [0, 0.05) is 69.3 Å². The summed E-state index contributed by atoms with van der Waals surface area (Å²) in [6, 6.07) is 35.7. The van der Waals surface area contributed by atoms with Crippen LogP contribution in [-0.4, -0.2) is 33.8 Å². The number of aromatic nitrogens is 2. The quantitative estimate of drug-likeness (QED) is 0.0799. The van der Waals surface area contributed by atoms with Gasteiger partial charge in [-0.25, -0.2) is 4.79 Å². The van der Waals surface area contributed by atoms with Crippen molar-refractivity contribution in [2.75, 3.05) is 7.11 Å². The van der Waals surface area contributed by atoms with Gasteiger partial charge in [-0.15, -0.1) is 0 Å². The summed E-state index contributed by atoms with van der Waals surface area (Å²) in [7, 11) is 1.19. The van der Waals surface area contributed by atoms with Gasteiger partial charge in [0.1, 0.15) is 0 Å². The van der Waals surface area contributed by atoms with Crippen LogP contribution in [-0.2, 0) is 16.1 Å². The van der Waals surface area contributed by atoms with Crippen LogP contribution < -0.4 is 11.1 Å². The van der Waals surface area contributed by atoms with Gasteiger partial charge in [0.2, 0.25) is 0 Å². The molecule has 3 unspecified atom stereocenters. The molecule has 0 N–H and O–H groups in total. The Labute approximate surface area is 342 Å². The van der Waals surface area contributed by atoms with Crippen LogP contribution in [0.2, 0.25) is 0 Å². The minimum atomic E-state index is -1.31. The number of hydrogen-bond donors (Lipinski definition) is 0. The second-order valence-corrected chi connectivity index (χ2v) is 15.7. The van der Waals surface area contributed by atoms with Crippen LogP contribution >= 0.6 is 31.9 Å². The summed E-state index contributed by atoms with van der Waals surface area (Å²) in [5.41, 5.74) is 5.48. The van der Waals surface area contributed by atoms with Gasteiger partial charge in [0.25, 0.3) is 11.1 Å². The molecule has 6 rings (SSSR count). The Morgan fingerprint density at radius 1 is 0.607 bits per heavy atom. The van der Waals surface area contributed by atoms with Gasteiger partial charge in [-0.3, -0.25) is 23.7 Å². The van der Waals surface area contributed by atoms with Gasteiger partial charge in [0.15, 0.2) is 17.6 Å². The Balaban J connectivity index is 1.29. The monoisotopic (exact) mass is 874 g/mol. The highest BCUT2D eigenvalue weighted by Gasteiger charge is 2.27. The lowest BCUT2D eigenvalue weighted by Crippen LogP contribution is -2.36. The summed E-state index contributed by atoms with van der Waals surface area (Å²) in [6.07, 6.45) is 2.99. The van der Waals surface area contributed by atoms with Crippen molar-refractivity contribution in [1.82, 2.24) is 9.13 Å². The molecule has 2 heterocycles. The molecule has 4 aromatic carbocycles. The first-order chi connectivity index (χ1) is 26.9. The molecule has 0 radical (unpaired) electrons. The molecule has 0 amide bonds. The molecule has 0 aliphatic rings. The number of esters is 1. The van der Waals surface area contributed by atoms with Crippen LogP contribution in [0.3, 0.4) is 0 Å². The number of methoxy groups -OCH3 is 1. The normalized spacial score (nSPS) is 12.7. The maximum absolute atomic E-state index is 14.0.